The molecule has 1 unspecified atom stereocenters. The van der Waals surface area contributed by atoms with Crippen LogP contribution in [0.25, 0.3) is 10.9 Å². The zero-order valence-electron chi connectivity index (χ0n) is 23.3. The molecule has 2 aromatic heterocycles. The van der Waals surface area contributed by atoms with Crippen LogP contribution < -0.4 is 10.6 Å². The molecule has 3 heterocycles. The van der Waals surface area contributed by atoms with Crippen molar-refractivity contribution < 1.29 is 32.3 Å². The number of carbonyl (C=O) groups excluding carboxylic acids is 3. The van der Waals surface area contributed by atoms with Gasteiger partial charge in [0.2, 0.25) is 11.8 Å². The van der Waals surface area contributed by atoms with Crippen LogP contribution in [0, 0.1) is 40.4 Å². The molecule has 2 aliphatic rings. The van der Waals surface area contributed by atoms with Crippen LogP contribution in [-0.4, -0.2) is 75.4 Å². The lowest BCUT2D eigenvalue weighted by Gasteiger charge is -2.34. The minimum absolute atomic E-state index is 0.0939. The minimum Gasteiger partial charge on any atom is -0.379 e. The van der Waals surface area contributed by atoms with E-state index >= 15 is 0 Å². The minimum atomic E-state index is -5.22. The number of nitrogens with zero attached hydrogens (tertiary/aromatic N) is 5. The maximum atomic E-state index is 13.8. The summed E-state index contributed by atoms with van der Waals surface area (Å²) in [5, 5.41) is 19.4. The Morgan fingerprint density at radius 3 is 2.51 bits per heavy atom. The molecule has 4 rings (SSSR count). The lowest BCUT2D eigenvalue weighted by atomic mass is 9.98. The van der Waals surface area contributed by atoms with E-state index in [0.29, 0.717) is 22.2 Å². The van der Waals surface area contributed by atoms with Crippen molar-refractivity contribution in [1.29, 1.82) is 5.26 Å². The molecule has 218 valence electrons. The molecule has 2 fully saturated rings. The zero-order chi connectivity index (χ0) is 30.4. The van der Waals surface area contributed by atoms with E-state index in [-0.39, 0.29) is 23.8 Å². The number of nitriles is 1. The number of aryl methyl sites for hydroxylation is 1. The fourth-order valence-electron chi connectivity index (χ4n) is 5.79. The summed E-state index contributed by atoms with van der Waals surface area (Å²) < 4.78 is 45.8. The largest absolute Gasteiger partial charge is 0.471 e. The van der Waals surface area contributed by atoms with Gasteiger partial charge in [0.1, 0.15) is 23.8 Å². The molecule has 11 nitrogen and oxygen atoms in total. The SMILES string of the molecule is CC#Cc1nn(C)c2cncc(C(C#N)NC(=O)[C@@H]3[C@@H]4[C@H](CN3C(=O)[C@@H](NC(=O)C(F)(F)F)[C@@H](C)OC)C4(C)C)c12. The number of amides is 3. The number of rotatable bonds is 7. The number of likely N-dealkylation sites (tertiary alicyclic amines) is 1. The monoisotopic (exact) mass is 573 g/mol. The van der Waals surface area contributed by atoms with E-state index in [4.69, 9.17) is 4.74 Å². The summed E-state index contributed by atoms with van der Waals surface area (Å²) in [5.41, 5.74) is 1.02. The first-order chi connectivity index (χ1) is 19.2. The first kappa shape index (κ1) is 29.8. The Kier molecular flexibility index (Phi) is 7.76. The number of ether oxygens (including phenoxy) is 1. The second-order valence-corrected chi connectivity index (χ2v) is 10.8. The Labute approximate surface area is 234 Å². The maximum absolute atomic E-state index is 13.8. The first-order valence-electron chi connectivity index (χ1n) is 12.8. The summed E-state index contributed by atoms with van der Waals surface area (Å²) in [6.45, 7) is 6.95. The number of piperidine rings is 1. The average molecular weight is 574 g/mol. The van der Waals surface area contributed by atoms with Crippen LogP contribution in [0.5, 0.6) is 0 Å². The van der Waals surface area contributed by atoms with Gasteiger partial charge < -0.3 is 20.3 Å². The van der Waals surface area contributed by atoms with Crippen molar-refractivity contribution in [3.8, 4) is 17.9 Å². The molecule has 0 spiro atoms. The summed E-state index contributed by atoms with van der Waals surface area (Å²) >= 11 is 0. The van der Waals surface area contributed by atoms with Gasteiger partial charge in [0.05, 0.1) is 23.9 Å². The Morgan fingerprint density at radius 2 is 1.93 bits per heavy atom. The molecule has 0 aromatic carbocycles. The summed E-state index contributed by atoms with van der Waals surface area (Å²) in [6.07, 6.45) is -3.35. The molecule has 0 bridgehead atoms. The van der Waals surface area contributed by atoms with Gasteiger partial charge in [0.15, 0.2) is 0 Å². The standard InChI is InChI=1S/C27H30F3N7O4/c1-7-8-16-19-14(10-32-11-18(19)36(5)35-16)17(9-31)33-23(38)22-20-15(26(20,3)4)12-37(22)24(39)21(13(2)41-6)34-25(40)27(28,29)30/h10-11,13,15,17,20-22H,12H2,1-6H3,(H,33,38)(H,34,40)/t13-,15+,17?,20+,21+,22+/m1/s1. The van der Waals surface area contributed by atoms with Crippen molar-refractivity contribution >= 4 is 28.6 Å². The van der Waals surface area contributed by atoms with Crippen LogP contribution in [0.15, 0.2) is 12.4 Å². The zero-order valence-corrected chi connectivity index (χ0v) is 23.3. The maximum Gasteiger partial charge on any atom is 0.471 e. The average Bonchev–Trinajstić information content (AvgIpc) is 3.22. The summed E-state index contributed by atoms with van der Waals surface area (Å²) in [7, 11) is 2.89. The fourth-order valence-corrected chi connectivity index (χ4v) is 5.79. The van der Waals surface area contributed by atoms with Crippen LogP contribution in [0.2, 0.25) is 0 Å². The third kappa shape index (κ3) is 5.20. The molecule has 41 heavy (non-hydrogen) atoms. The van der Waals surface area contributed by atoms with Gasteiger partial charge in [-0.15, -0.1) is 0 Å². The van der Waals surface area contributed by atoms with Gasteiger partial charge in [-0.05, 0) is 37.0 Å². The van der Waals surface area contributed by atoms with Crippen LogP contribution in [0.1, 0.15) is 45.0 Å². The molecule has 1 saturated heterocycles. The second-order valence-electron chi connectivity index (χ2n) is 10.8. The molecule has 2 aromatic rings. The van der Waals surface area contributed by atoms with E-state index in [9.17, 15) is 32.8 Å². The number of nitrogens with one attached hydrogen (secondary N) is 2. The van der Waals surface area contributed by atoms with Gasteiger partial charge in [-0.3, -0.25) is 24.0 Å². The first-order valence-corrected chi connectivity index (χ1v) is 12.8. The predicted molar refractivity (Wildman–Crippen MR) is 138 cm³/mol. The van der Waals surface area contributed by atoms with Crippen LogP contribution in [-0.2, 0) is 26.2 Å². The van der Waals surface area contributed by atoms with Gasteiger partial charge in [-0.25, -0.2) is 0 Å². The Hall–Kier alpha value is -4.17. The van der Waals surface area contributed by atoms with Gasteiger partial charge in [0.25, 0.3) is 0 Å². The third-order valence-corrected chi connectivity index (χ3v) is 8.17. The van der Waals surface area contributed by atoms with Crippen molar-refractivity contribution in [2.24, 2.45) is 24.3 Å². The Balaban J connectivity index is 1.66. The molecule has 6 atom stereocenters. The number of pyridine rings is 1. The number of aromatic nitrogens is 3. The van der Waals surface area contributed by atoms with Gasteiger partial charge in [-0.2, -0.15) is 23.5 Å². The van der Waals surface area contributed by atoms with Crippen molar-refractivity contribution in [3.05, 3.63) is 23.7 Å². The Morgan fingerprint density at radius 1 is 1.24 bits per heavy atom. The highest BCUT2D eigenvalue weighted by atomic mass is 19.4. The quantitative estimate of drug-likeness (QED) is 0.479. The molecule has 14 heteroatoms. The van der Waals surface area contributed by atoms with Gasteiger partial charge >= 0.3 is 12.1 Å². The molecule has 0 radical (unpaired) electrons. The molecule has 1 aliphatic heterocycles. The number of carbonyl (C=O) groups is 3. The summed E-state index contributed by atoms with van der Waals surface area (Å²) in [5.74, 6) is 1.42. The molecule has 1 saturated carbocycles. The predicted octanol–water partition coefficient (Wildman–Crippen LogP) is 1.59. The van der Waals surface area contributed by atoms with Crippen molar-refractivity contribution in [2.75, 3.05) is 13.7 Å². The number of hydrogen-bond acceptors (Lipinski definition) is 7. The topological polar surface area (TPSA) is 142 Å². The summed E-state index contributed by atoms with van der Waals surface area (Å²) in [4.78, 5) is 44.5. The fraction of sp³-hybridized carbons (Fsp3) is 0.556. The van der Waals surface area contributed by atoms with Crippen molar-refractivity contribution in [2.45, 2.75) is 58.1 Å². The highest BCUT2D eigenvalue weighted by Crippen LogP contribution is 2.65. The molecule has 2 N–H and O–H groups in total. The normalized spacial score (nSPS) is 22.9. The van der Waals surface area contributed by atoms with E-state index in [1.54, 1.807) is 30.2 Å². The van der Waals surface area contributed by atoms with E-state index in [0.717, 1.165) is 0 Å². The van der Waals surface area contributed by atoms with Crippen LogP contribution >= 0.6 is 0 Å². The van der Waals surface area contributed by atoms with E-state index in [1.165, 1.54) is 25.1 Å². The second kappa shape index (κ2) is 10.7. The molecule has 1 aliphatic carbocycles. The lowest BCUT2D eigenvalue weighted by Crippen LogP contribution is -2.60. The highest BCUT2D eigenvalue weighted by molar-refractivity contribution is 5.95. The molecule has 3 amide bonds. The van der Waals surface area contributed by atoms with Crippen molar-refractivity contribution in [3.63, 3.8) is 0 Å². The smallest absolute Gasteiger partial charge is 0.379 e. The van der Waals surface area contributed by atoms with Crippen LogP contribution in [0.3, 0.4) is 0 Å². The number of fused-ring (bicyclic) bond motifs is 2. The van der Waals surface area contributed by atoms with E-state index in [1.807, 2.05) is 13.8 Å². The summed E-state index contributed by atoms with van der Waals surface area (Å²) in [6, 6.07) is -1.92. The molecular formula is C27H30F3N7O4. The van der Waals surface area contributed by atoms with E-state index in [2.05, 4.69) is 33.3 Å². The third-order valence-electron chi connectivity index (χ3n) is 8.17. The number of hydrogen-bond donors (Lipinski definition) is 2. The molecular weight excluding hydrogens is 543 g/mol. The number of methoxy groups -OCH3 is 1. The van der Waals surface area contributed by atoms with E-state index < -0.39 is 48.1 Å². The van der Waals surface area contributed by atoms with Crippen LogP contribution in [0.4, 0.5) is 13.2 Å². The van der Waals surface area contributed by atoms with Gasteiger partial charge in [-0.1, -0.05) is 19.8 Å². The lowest BCUT2D eigenvalue weighted by molar-refractivity contribution is -0.176. The van der Waals surface area contributed by atoms with Crippen molar-refractivity contribution in [1.82, 2.24) is 30.3 Å². The Bertz CT molecular complexity index is 1500. The highest BCUT2D eigenvalue weighted by Gasteiger charge is 2.69. The van der Waals surface area contributed by atoms with Gasteiger partial charge in [0, 0.05) is 37.8 Å². The number of halogens is 3. The number of alkyl halides is 3.